The fraction of sp³-hybridized carbons (Fsp3) is 0.750. The van der Waals surface area contributed by atoms with Gasteiger partial charge in [-0.15, -0.1) is 0 Å². The fourth-order valence-electron chi connectivity index (χ4n) is 1.95. The predicted octanol–water partition coefficient (Wildman–Crippen LogP) is 0.0238. The molecule has 0 aromatic carbocycles. The van der Waals surface area contributed by atoms with Crippen molar-refractivity contribution in [3.63, 3.8) is 0 Å². The minimum atomic E-state index is -0.179. The maximum absolute atomic E-state index is 11.2. The van der Waals surface area contributed by atoms with Gasteiger partial charge in [0.05, 0.1) is 12.6 Å². The standard InChI is InChI=1S/C8H13N3O2/c1-11-6(5-2-3-13-4-5)7(9)10-8(11)12/h5-6H,2-4H2,1H3,(H2,9,10,12). The Bertz CT molecular complexity index is 248. The second-order valence-corrected chi connectivity index (χ2v) is 3.52. The molecule has 2 rings (SSSR count). The van der Waals surface area contributed by atoms with E-state index >= 15 is 0 Å². The third-order valence-electron chi connectivity index (χ3n) is 2.69. The molecule has 2 amide bonds. The number of hydrogen-bond acceptors (Lipinski definition) is 3. The van der Waals surface area contributed by atoms with Gasteiger partial charge in [0, 0.05) is 19.6 Å². The topological polar surface area (TPSA) is 65.4 Å². The van der Waals surface area contributed by atoms with Crippen LogP contribution in [0.25, 0.3) is 0 Å². The van der Waals surface area contributed by atoms with Crippen molar-refractivity contribution in [3.8, 4) is 0 Å². The summed E-state index contributed by atoms with van der Waals surface area (Å²) in [6, 6.07) is -0.281. The highest BCUT2D eigenvalue weighted by molar-refractivity contribution is 6.05. The van der Waals surface area contributed by atoms with Crippen LogP contribution in [0.1, 0.15) is 6.42 Å². The molecule has 0 aromatic rings. The highest BCUT2D eigenvalue weighted by Crippen LogP contribution is 2.23. The number of ether oxygens (including phenoxy) is 1. The Hall–Kier alpha value is -1.10. The zero-order chi connectivity index (χ0) is 9.42. The van der Waals surface area contributed by atoms with Crippen LogP contribution in [0.2, 0.25) is 0 Å². The first-order valence-corrected chi connectivity index (χ1v) is 4.40. The van der Waals surface area contributed by atoms with Crippen LogP contribution >= 0.6 is 0 Å². The van der Waals surface area contributed by atoms with Crippen molar-refractivity contribution in [2.75, 3.05) is 20.3 Å². The molecule has 5 nitrogen and oxygen atoms in total. The molecule has 5 heteroatoms. The van der Waals surface area contributed by atoms with Gasteiger partial charge in [-0.3, -0.25) is 10.7 Å². The van der Waals surface area contributed by atoms with E-state index in [1.54, 1.807) is 11.9 Å². The van der Waals surface area contributed by atoms with Crippen LogP contribution in [0.4, 0.5) is 4.79 Å². The number of carbonyl (C=O) groups is 1. The van der Waals surface area contributed by atoms with E-state index in [2.05, 4.69) is 5.32 Å². The van der Waals surface area contributed by atoms with E-state index in [0.29, 0.717) is 12.4 Å². The average Bonchev–Trinajstić information content (AvgIpc) is 2.63. The molecule has 2 heterocycles. The van der Waals surface area contributed by atoms with Crippen LogP contribution in [0.5, 0.6) is 0 Å². The lowest BCUT2D eigenvalue weighted by Gasteiger charge is -2.22. The lowest BCUT2D eigenvalue weighted by Crippen LogP contribution is -2.38. The molecule has 0 spiro atoms. The molecule has 2 aliphatic heterocycles. The zero-order valence-corrected chi connectivity index (χ0v) is 7.54. The maximum Gasteiger partial charge on any atom is 0.323 e. The van der Waals surface area contributed by atoms with Gasteiger partial charge in [0.25, 0.3) is 0 Å². The third kappa shape index (κ3) is 1.29. The molecule has 0 aliphatic carbocycles. The smallest absolute Gasteiger partial charge is 0.323 e. The number of rotatable bonds is 1. The summed E-state index contributed by atoms with van der Waals surface area (Å²) >= 11 is 0. The molecule has 0 radical (unpaired) electrons. The van der Waals surface area contributed by atoms with E-state index in [9.17, 15) is 4.79 Å². The van der Waals surface area contributed by atoms with Crippen LogP contribution in [0.3, 0.4) is 0 Å². The lowest BCUT2D eigenvalue weighted by molar-refractivity contribution is 0.168. The number of amidine groups is 1. The van der Waals surface area contributed by atoms with Gasteiger partial charge in [-0.25, -0.2) is 4.79 Å². The fourth-order valence-corrected chi connectivity index (χ4v) is 1.95. The van der Waals surface area contributed by atoms with Crippen molar-refractivity contribution in [1.29, 1.82) is 5.41 Å². The number of nitrogens with zero attached hydrogens (tertiary/aromatic N) is 1. The number of carbonyl (C=O) groups excluding carboxylic acids is 1. The van der Waals surface area contributed by atoms with Gasteiger partial charge in [-0.05, 0) is 6.42 Å². The van der Waals surface area contributed by atoms with Crippen molar-refractivity contribution < 1.29 is 9.53 Å². The highest BCUT2D eigenvalue weighted by Gasteiger charge is 2.39. The van der Waals surface area contributed by atoms with Gasteiger partial charge in [0.2, 0.25) is 0 Å². The quantitative estimate of drug-likeness (QED) is 0.602. The van der Waals surface area contributed by atoms with Crippen LogP contribution < -0.4 is 5.32 Å². The number of urea groups is 1. The molecule has 2 aliphatic rings. The van der Waals surface area contributed by atoms with Crippen LogP contribution in [-0.4, -0.2) is 43.1 Å². The number of hydrogen-bond donors (Lipinski definition) is 2. The van der Waals surface area contributed by atoms with Crippen molar-refractivity contribution in [2.45, 2.75) is 12.5 Å². The summed E-state index contributed by atoms with van der Waals surface area (Å²) in [5.41, 5.74) is 0. The first-order chi connectivity index (χ1) is 6.20. The molecule has 2 N–H and O–H groups in total. The van der Waals surface area contributed by atoms with Gasteiger partial charge in [0.1, 0.15) is 5.84 Å². The average molecular weight is 183 g/mol. The molecule has 2 unspecified atom stereocenters. The second kappa shape index (κ2) is 2.99. The van der Waals surface area contributed by atoms with Crippen molar-refractivity contribution in [3.05, 3.63) is 0 Å². The molecule has 2 atom stereocenters. The minimum Gasteiger partial charge on any atom is -0.381 e. The molecular weight excluding hydrogens is 170 g/mol. The molecule has 2 fully saturated rings. The Morgan fingerprint density at radius 3 is 2.92 bits per heavy atom. The molecule has 0 saturated carbocycles. The Morgan fingerprint density at radius 1 is 1.69 bits per heavy atom. The van der Waals surface area contributed by atoms with E-state index in [4.69, 9.17) is 10.1 Å². The molecule has 0 aromatic heterocycles. The van der Waals surface area contributed by atoms with Crippen LogP contribution in [-0.2, 0) is 4.74 Å². The van der Waals surface area contributed by atoms with Gasteiger partial charge in [-0.2, -0.15) is 0 Å². The van der Waals surface area contributed by atoms with Crippen molar-refractivity contribution in [1.82, 2.24) is 10.2 Å². The number of likely N-dealkylation sites (N-methyl/N-ethyl adjacent to an activating group) is 1. The molecule has 2 saturated heterocycles. The van der Waals surface area contributed by atoms with Gasteiger partial charge in [0.15, 0.2) is 0 Å². The second-order valence-electron chi connectivity index (χ2n) is 3.52. The number of amides is 2. The monoisotopic (exact) mass is 183 g/mol. The normalized spacial score (nSPS) is 34.1. The Morgan fingerprint density at radius 2 is 2.46 bits per heavy atom. The summed E-state index contributed by atoms with van der Waals surface area (Å²) in [4.78, 5) is 12.8. The summed E-state index contributed by atoms with van der Waals surface area (Å²) < 4.78 is 5.24. The van der Waals surface area contributed by atoms with E-state index < -0.39 is 0 Å². The minimum absolute atomic E-state index is 0.102. The van der Waals surface area contributed by atoms with Gasteiger partial charge >= 0.3 is 6.03 Å². The predicted molar refractivity (Wildman–Crippen MR) is 46.7 cm³/mol. The van der Waals surface area contributed by atoms with E-state index in [1.807, 2.05) is 0 Å². The van der Waals surface area contributed by atoms with Crippen molar-refractivity contribution >= 4 is 11.9 Å². The van der Waals surface area contributed by atoms with E-state index in [1.165, 1.54) is 0 Å². The summed E-state index contributed by atoms with van der Waals surface area (Å²) in [6.45, 7) is 1.41. The van der Waals surface area contributed by atoms with Crippen molar-refractivity contribution in [2.24, 2.45) is 5.92 Å². The Labute approximate surface area is 76.6 Å². The van der Waals surface area contributed by atoms with Gasteiger partial charge < -0.3 is 9.64 Å². The van der Waals surface area contributed by atoms with Crippen LogP contribution in [0.15, 0.2) is 0 Å². The summed E-state index contributed by atoms with van der Waals surface area (Å²) in [5, 5.41) is 10.1. The molecule has 13 heavy (non-hydrogen) atoms. The Kier molecular flexibility index (Phi) is 1.95. The lowest BCUT2D eigenvalue weighted by atomic mass is 9.98. The molecule has 0 bridgehead atoms. The zero-order valence-electron chi connectivity index (χ0n) is 7.54. The summed E-state index contributed by atoms with van der Waals surface area (Å²) in [6.07, 6.45) is 0.937. The molecular formula is C8H13N3O2. The maximum atomic E-state index is 11.2. The SMILES string of the molecule is CN1C(=O)NC(=N)C1C1CCOC1. The Balaban J connectivity index is 2.12. The highest BCUT2D eigenvalue weighted by atomic mass is 16.5. The first-order valence-electron chi connectivity index (χ1n) is 4.40. The largest absolute Gasteiger partial charge is 0.381 e. The summed E-state index contributed by atoms with van der Waals surface area (Å²) in [5.74, 6) is 0.597. The van der Waals surface area contributed by atoms with Crippen LogP contribution in [0, 0.1) is 11.3 Å². The summed E-state index contributed by atoms with van der Waals surface area (Å²) in [7, 11) is 1.72. The first kappa shape index (κ1) is 8.50. The number of nitrogens with one attached hydrogen (secondary N) is 2. The molecule has 72 valence electrons. The van der Waals surface area contributed by atoms with Gasteiger partial charge in [-0.1, -0.05) is 0 Å². The van der Waals surface area contributed by atoms with E-state index in [0.717, 1.165) is 13.0 Å². The van der Waals surface area contributed by atoms with E-state index in [-0.39, 0.29) is 18.0 Å². The third-order valence-corrected chi connectivity index (χ3v) is 2.69.